The average molecular weight is 320 g/mol. The number of ketones is 1. The minimum Gasteiger partial charge on any atom is -0.315 e. The van der Waals surface area contributed by atoms with E-state index >= 15 is 0 Å². The lowest BCUT2D eigenvalue weighted by atomic mass is 10.0. The van der Waals surface area contributed by atoms with Crippen LogP contribution in [0.15, 0.2) is 36.4 Å². The third-order valence-electron chi connectivity index (χ3n) is 3.11. The standard InChI is InChI=1S/C15H14BrNO2/c1-10(18)11-3-4-13-8-14(6-5-12(13)7-11)17(2)15(19)9-16/h3-8H,9H2,1-2H3. The molecular formula is C15H14BrNO2. The number of Topliss-reactive ketones (excluding diaryl/α,β-unsaturated/α-hetero) is 1. The van der Waals surface area contributed by atoms with Gasteiger partial charge in [-0.25, -0.2) is 0 Å². The van der Waals surface area contributed by atoms with Crippen LogP contribution >= 0.6 is 15.9 Å². The van der Waals surface area contributed by atoms with Crippen LogP contribution in [0.3, 0.4) is 0 Å². The summed E-state index contributed by atoms with van der Waals surface area (Å²) < 4.78 is 0. The molecule has 1 amide bonds. The number of anilines is 1. The third-order valence-corrected chi connectivity index (χ3v) is 3.59. The van der Waals surface area contributed by atoms with Crippen molar-refractivity contribution >= 4 is 44.1 Å². The molecule has 0 atom stereocenters. The van der Waals surface area contributed by atoms with E-state index in [-0.39, 0.29) is 11.7 Å². The van der Waals surface area contributed by atoms with Gasteiger partial charge in [-0.05, 0) is 35.9 Å². The number of hydrogen-bond donors (Lipinski definition) is 0. The summed E-state index contributed by atoms with van der Waals surface area (Å²) >= 11 is 3.16. The number of benzene rings is 2. The summed E-state index contributed by atoms with van der Waals surface area (Å²) in [5.74, 6) is 0.0530. The third kappa shape index (κ3) is 2.84. The molecule has 0 saturated carbocycles. The number of amides is 1. The van der Waals surface area contributed by atoms with Gasteiger partial charge in [0.1, 0.15) is 0 Å². The van der Waals surface area contributed by atoms with Crippen LogP contribution < -0.4 is 4.90 Å². The Kier molecular flexibility index (Phi) is 4.00. The van der Waals surface area contributed by atoms with E-state index in [1.807, 2.05) is 30.3 Å². The van der Waals surface area contributed by atoms with Crippen molar-refractivity contribution in [2.45, 2.75) is 6.92 Å². The van der Waals surface area contributed by atoms with Crippen molar-refractivity contribution in [3.05, 3.63) is 42.0 Å². The number of nitrogens with zero attached hydrogens (tertiary/aromatic N) is 1. The summed E-state index contributed by atoms with van der Waals surface area (Å²) in [4.78, 5) is 24.6. The molecule has 0 aliphatic rings. The van der Waals surface area contributed by atoms with Gasteiger partial charge in [-0.1, -0.05) is 34.1 Å². The van der Waals surface area contributed by atoms with E-state index in [9.17, 15) is 9.59 Å². The molecule has 2 aromatic rings. The zero-order valence-electron chi connectivity index (χ0n) is 10.8. The van der Waals surface area contributed by atoms with Crippen molar-refractivity contribution in [2.24, 2.45) is 0 Å². The lowest BCUT2D eigenvalue weighted by Gasteiger charge is -2.16. The minimum absolute atomic E-state index is 0.000272. The monoisotopic (exact) mass is 319 g/mol. The highest BCUT2D eigenvalue weighted by atomic mass is 79.9. The maximum absolute atomic E-state index is 11.6. The van der Waals surface area contributed by atoms with Crippen molar-refractivity contribution in [2.75, 3.05) is 17.3 Å². The van der Waals surface area contributed by atoms with Gasteiger partial charge >= 0.3 is 0 Å². The molecule has 2 aromatic carbocycles. The SMILES string of the molecule is CC(=O)c1ccc2cc(N(C)C(=O)CBr)ccc2c1. The molecule has 0 radical (unpaired) electrons. The van der Waals surface area contributed by atoms with Gasteiger partial charge in [-0.3, -0.25) is 9.59 Å². The van der Waals surface area contributed by atoms with Crippen LogP contribution in [0.4, 0.5) is 5.69 Å². The summed E-state index contributed by atoms with van der Waals surface area (Å²) in [7, 11) is 1.74. The Balaban J connectivity index is 2.44. The van der Waals surface area contributed by atoms with Crippen molar-refractivity contribution in [3.63, 3.8) is 0 Å². The predicted octanol–water partition coefficient (Wildman–Crippen LogP) is 3.40. The molecule has 4 heteroatoms. The molecule has 98 valence electrons. The summed E-state index contributed by atoms with van der Waals surface area (Å²) in [5, 5.41) is 2.30. The fourth-order valence-corrected chi connectivity index (χ4v) is 2.27. The first-order valence-corrected chi connectivity index (χ1v) is 7.02. The average Bonchev–Trinajstić information content (AvgIpc) is 2.44. The second kappa shape index (κ2) is 5.53. The normalized spacial score (nSPS) is 10.5. The number of fused-ring (bicyclic) bond motifs is 1. The van der Waals surface area contributed by atoms with Gasteiger partial charge in [0.05, 0.1) is 5.33 Å². The topological polar surface area (TPSA) is 37.4 Å². The van der Waals surface area contributed by atoms with Crippen molar-refractivity contribution in [3.8, 4) is 0 Å². The van der Waals surface area contributed by atoms with Gasteiger partial charge in [0.25, 0.3) is 0 Å². The number of carbonyl (C=O) groups is 2. The molecule has 0 spiro atoms. The van der Waals surface area contributed by atoms with Crippen molar-refractivity contribution in [1.29, 1.82) is 0 Å². The van der Waals surface area contributed by atoms with Crippen LogP contribution in [-0.2, 0) is 4.79 Å². The maximum Gasteiger partial charge on any atom is 0.237 e. The Hall–Kier alpha value is -1.68. The Morgan fingerprint density at radius 1 is 1.11 bits per heavy atom. The van der Waals surface area contributed by atoms with Gasteiger partial charge < -0.3 is 4.90 Å². The Labute approximate surface area is 120 Å². The summed E-state index contributed by atoms with van der Waals surface area (Å²) in [6, 6.07) is 11.3. The van der Waals surface area contributed by atoms with Crippen LogP contribution in [0.25, 0.3) is 10.8 Å². The van der Waals surface area contributed by atoms with Crippen LogP contribution in [0.5, 0.6) is 0 Å². The number of hydrogen-bond acceptors (Lipinski definition) is 2. The van der Waals surface area contributed by atoms with E-state index in [1.54, 1.807) is 24.9 Å². The molecule has 0 saturated heterocycles. The van der Waals surface area contributed by atoms with Gasteiger partial charge in [-0.15, -0.1) is 0 Å². The van der Waals surface area contributed by atoms with E-state index in [0.717, 1.165) is 16.5 Å². The molecule has 0 aliphatic heterocycles. The van der Waals surface area contributed by atoms with Crippen molar-refractivity contribution < 1.29 is 9.59 Å². The second-order valence-corrected chi connectivity index (χ2v) is 4.95. The molecule has 2 rings (SSSR count). The summed E-state index contributed by atoms with van der Waals surface area (Å²) in [6.45, 7) is 1.55. The Morgan fingerprint density at radius 3 is 2.37 bits per heavy atom. The van der Waals surface area contributed by atoms with E-state index in [0.29, 0.717) is 10.9 Å². The molecule has 0 N–H and O–H groups in total. The fraction of sp³-hybridized carbons (Fsp3) is 0.200. The second-order valence-electron chi connectivity index (χ2n) is 4.39. The van der Waals surface area contributed by atoms with Crippen molar-refractivity contribution in [1.82, 2.24) is 0 Å². The summed E-state index contributed by atoms with van der Waals surface area (Å²) in [5.41, 5.74) is 1.54. The van der Waals surface area contributed by atoms with E-state index < -0.39 is 0 Å². The highest BCUT2D eigenvalue weighted by Gasteiger charge is 2.10. The zero-order chi connectivity index (χ0) is 14.0. The van der Waals surface area contributed by atoms with Gasteiger partial charge in [0.15, 0.2) is 5.78 Å². The fourth-order valence-electron chi connectivity index (χ4n) is 1.89. The minimum atomic E-state index is -0.000272. The molecule has 3 nitrogen and oxygen atoms in total. The van der Waals surface area contributed by atoms with E-state index in [2.05, 4.69) is 15.9 Å². The number of halogens is 1. The van der Waals surface area contributed by atoms with E-state index in [4.69, 9.17) is 0 Å². The molecule has 0 heterocycles. The van der Waals surface area contributed by atoms with E-state index in [1.165, 1.54) is 0 Å². The van der Waals surface area contributed by atoms with Crippen LogP contribution in [0, 0.1) is 0 Å². The lowest BCUT2D eigenvalue weighted by Crippen LogP contribution is -2.26. The zero-order valence-corrected chi connectivity index (χ0v) is 12.4. The lowest BCUT2D eigenvalue weighted by molar-refractivity contribution is -0.115. The van der Waals surface area contributed by atoms with Crippen LogP contribution in [0.2, 0.25) is 0 Å². The molecule has 0 unspecified atom stereocenters. The highest BCUT2D eigenvalue weighted by molar-refractivity contribution is 9.09. The summed E-state index contributed by atoms with van der Waals surface area (Å²) in [6.07, 6.45) is 0. The van der Waals surface area contributed by atoms with Gasteiger partial charge in [0, 0.05) is 18.3 Å². The molecule has 0 aromatic heterocycles. The predicted molar refractivity (Wildman–Crippen MR) is 81.2 cm³/mol. The van der Waals surface area contributed by atoms with Crippen LogP contribution in [0.1, 0.15) is 17.3 Å². The van der Waals surface area contributed by atoms with Crippen LogP contribution in [-0.4, -0.2) is 24.1 Å². The first-order valence-electron chi connectivity index (χ1n) is 5.90. The number of carbonyl (C=O) groups excluding carboxylic acids is 2. The maximum atomic E-state index is 11.6. The number of rotatable bonds is 3. The number of alkyl halides is 1. The highest BCUT2D eigenvalue weighted by Crippen LogP contribution is 2.23. The Morgan fingerprint density at radius 2 is 1.74 bits per heavy atom. The molecular weight excluding hydrogens is 306 g/mol. The first-order chi connectivity index (χ1) is 9.02. The largest absolute Gasteiger partial charge is 0.315 e. The van der Waals surface area contributed by atoms with Gasteiger partial charge in [0.2, 0.25) is 5.91 Å². The molecule has 19 heavy (non-hydrogen) atoms. The quantitative estimate of drug-likeness (QED) is 0.642. The first kappa shape index (κ1) is 13.7. The molecule has 0 bridgehead atoms. The molecule has 0 fully saturated rings. The molecule has 0 aliphatic carbocycles. The smallest absolute Gasteiger partial charge is 0.237 e. The van der Waals surface area contributed by atoms with Gasteiger partial charge in [-0.2, -0.15) is 0 Å². The Bertz CT molecular complexity index is 652.